The van der Waals surface area contributed by atoms with Gasteiger partial charge in [0.1, 0.15) is 0 Å². The Balaban J connectivity index is 1.35. The van der Waals surface area contributed by atoms with Crippen LogP contribution in [0.3, 0.4) is 0 Å². The number of anilines is 1. The molecule has 1 aliphatic heterocycles. The summed E-state index contributed by atoms with van der Waals surface area (Å²) in [4.78, 5) is 24.3. The molecule has 7 nitrogen and oxygen atoms in total. The average molecular weight is 364 g/mol. The van der Waals surface area contributed by atoms with Crippen LogP contribution in [0, 0.1) is 0 Å². The second-order valence-corrected chi connectivity index (χ2v) is 5.83. The molecule has 3 aromatic rings. The molecule has 1 N–H and O–H groups in total. The number of ether oxygens (including phenoxy) is 3. The number of aromatic nitrogens is 1. The molecule has 0 bridgehead atoms. The van der Waals surface area contributed by atoms with Crippen molar-refractivity contribution in [3.8, 4) is 17.2 Å². The fourth-order valence-electron chi connectivity index (χ4n) is 2.69. The third-order valence-electron chi connectivity index (χ3n) is 3.98. The van der Waals surface area contributed by atoms with Gasteiger partial charge in [0.2, 0.25) is 6.79 Å². The molecule has 1 aliphatic rings. The minimum absolute atomic E-state index is 0.159. The summed E-state index contributed by atoms with van der Waals surface area (Å²) in [6.45, 7) is -0.229. The molecular formula is C20H16N2O5. The molecule has 2 aromatic carbocycles. The predicted octanol–water partition coefficient (Wildman–Crippen LogP) is 3.00. The van der Waals surface area contributed by atoms with Crippen molar-refractivity contribution >= 4 is 17.6 Å². The second kappa shape index (κ2) is 7.25. The Hall–Kier alpha value is -3.74. The molecular weight excluding hydrogens is 348 g/mol. The second-order valence-electron chi connectivity index (χ2n) is 5.83. The number of rotatable bonds is 5. The normalized spacial score (nSPS) is 11.9. The first-order chi connectivity index (χ1) is 13.2. The van der Waals surface area contributed by atoms with Crippen molar-refractivity contribution in [2.75, 3.05) is 18.7 Å². The smallest absolute Gasteiger partial charge is 0.338 e. The maximum Gasteiger partial charge on any atom is 0.338 e. The molecule has 1 aromatic heterocycles. The van der Waals surface area contributed by atoms with E-state index in [0.717, 1.165) is 5.69 Å². The van der Waals surface area contributed by atoms with Gasteiger partial charge in [-0.3, -0.25) is 4.79 Å². The van der Waals surface area contributed by atoms with Crippen LogP contribution >= 0.6 is 0 Å². The predicted molar refractivity (Wildman–Crippen MR) is 97.2 cm³/mol. The van der Waals surface area contributed by atoms with E-state index < -0.39 is 11.9 Å². The Kier molecular flexibility index (Phi) is 4.49. The molecule has 4 rings (SSSR count). The van der Waals surface area contributed by atoms with E-state index in [2.05, 4.69) is 5.32 Å². The molecule has 0 aliphatic carbocycles. The summed E-state index contributed by atoms with van der Waals surface area (Å²) in [6, 6.07) is 15.8. The van der Waals surface area contributed by atoms with Gasteiger partial charge < -0.3 is 24.1 Å². The van der Waals surface area contributed by atoms with E-state index >= 15 is 0 Å². The Bertz CT molecular complexity index is 982. The van der Waals surface area contributed by atoms with Crippen molar-refractivity contribution in [3.05, 3.63) is 72.6 Å². The lowest BCUT2D eigenvalue weighted by Crippen LogP contribution is -2.21. The fraction of sp³-hybridized carbons (Fsp3) is 0.100. The van der Waals surface area contributed by atoms with Crippen LogP contribution in [0.2, 0.25) is 0 Å². The highest BCUT2D eigenvalue weighted by molar-refractivity contribution is 5.95. The van der Waals surface area contributed by atoms with Crippen LogP contribution in [0.4, 0.5) is 5.69 Å². The number of nitrogens with one attached hydrogen (secondary N) is 1. The number of carbonyl (C=O) groups excluding carboxylic acids is 2. The first-order valence-corrected chi connectivity index (χ1v) is 8.29. The zero-order chi connectivity index (χ0) is 18.6. The van der Waals surface area contributed by atoms with Crippen molar-refractivity contribution in [2.45, 2.75) is 0 Å². The Morgan fingerprint density at radius 2 is 1.81 bits per heavy atom. The lowest BCUT2D eigenvalue weighted by atomic mass is 10.2. The van der Waals surface area contributed by atoms with Gasteiger partial charge in [-0.25, -0.2) is 4.79 Å². The van der Waals surface area contributed by atoms with Gasteiger partial charge in [0, 0.05) is 29.8 Å². The molecule has 0 fully saturated rings. The number of benzene rings is 2. The van der Waals surface area contributed by atoms with E-state index in [4.69, 9.17) is 14.2 Å². The molecule has 0 saturated carbocycles. The van der Waals surface area contributed by atoms with Crippen LogP contribution in [0.1, 0.15) is 10.4 Å². The number of esters is 1. The van der Waals surface area contributed by atoms with E-state index in [9.17, 15) is 9.59 Å². The molecule has 27 heavy (non-hydrogen) atoms. The van der Waals surface area contributed by atoms with E-state index in [0.29, 0.717) is 22.7 Å². The van der Waals surface area contributed by atoms with Gasteiger partial charge in [0.05, 0.1) is 5.56 Å². The quantitative estimate of drug-likeness (QED) is 0.704. The molecule has 0 unspecified atom stereocenters. The Morgan fingerprint density at radius 1 is 1.00 bits per heavy atom. The highest BCUT2D eigenvalue weighted by atomic mass is 16.7. The van der Waals surface area contributed by atoms with Gasteiger partial charge in [0.15, 0.2) is 18.1 Å². The van der Waals surface area contributed by atoms with Crippen LogP contribution in [-0.2, 0) is 9.53 Å². The van der Waals surface area contributed by atoms with Crippen molar-refractivity contribution in [3.63, 3.8) is 0 Å². The molecule has 0 atom stereocenters. The average Bonchev–Trinajstić information content (AvgIpc) is 3.37. The third-order valence-corrected chi connectivity index (χ3v) is 3.98. The van der Waals surface area contributed by atoms with Crippen LogP contribution in [-0.4, -0.2) is 29.8 Å². The van der Waals surface area contributed by atoms with Crippen LogP contribution in [0.15, 0.2) is 67.0 Å². The summed E-state index contributed by atoms with van der Waals surface area (Å²) >= 11 is 0. The highest BCUT2D eigenvalue weighted by Crippen LogP contribution is 2.34. The largest absolute Gasteiger partial charge is 0.454 e. The first kappa shape index (κ1) is 16.7. The van der Waals surface area contributed by atoms with Crippen molar-refractivity contribution in [2.24, 2.45) is 0 Å². The zero-order valence-electron chi connectivity index (χ0n) is 14.3. The number of hydrogen-bond donors (Lipinski definition) is 1. The van der Waals surface area contributed by atoms with Gasteiger partial charge in [-0.1, -0.05) is 6.07 Å². The first-order valence-electron chi connectivity index (χ1n) is 8.29. The molecule has 1 amide bonds. The highest BCUT2D eigenvalue weighted by Gasteiger charge is 2.15. The van der Waals surface area contributed by atoms with Crippen LogP contribution in [0.5, 0.6) is 11.5 Å². The molecule has 7 heteroatoms. The monoisotopic (exact) mass is 364 g/mol. The van der Waals surface area contributed by atoms with Crippen molar-refractivity contribution in [1.29, 1.82) is 0 Å². The number of nitrogens with zero attached hydrogens (tertiary/aromatic N) is 1. The topological polar surface area (TPSA) is 78.8 Å². The summed E-state index contributed by atoms with van der Waals surface area (Å²) in [7, 11) is 0. The van der Waals surface area contributed by atoms with E-state index in [1.165, 1.54) is 0 Å². The minimum Gasteiger partial charge on any atom is -0.454 e. The lowest BCUT2D eigenvalue weighted by molar-refractivity contribution is -0.119. The number of amides is 1. The maximum atomic E-state index is 12.2. The van der Waals surface area contributed by atoms with E-state index in [1.54, 1.807) is 36.4 Å². The molecule has 0 radical (unpaired) electrons. The molecule has 2 heterocycles. The summed E-state index contributed by atoms with van der Waals surface area (Å²) in [6.07, 6.45) is 3.76. The van der Waals surface area contributed by atoms with Gasteiger partial charge in [0.25, 0.3) is 5.91 Å². The van der Waals surface area contributed by atoms with Gasteiger partial charge in [-0.2, -0.15) is 0 Å². The summed E-state index contributed by atoms with van der Waals surface area (Å²) in [5.41, 5.74) is 1.74. The van der Waals surface area contributed by atoms with E-state index in [-0.39, 0.29) is 13.4 Å². The number of carbonyl (C=O) groups is 2. The van der Waals surface area contributed by atoms with Crippen molar-refractivity contribution < 1.29 is 23.8 Å². The van der Waals surface area contributed by atoms with Gasteiger partial charge in [-0.05, 0) is 42.5 Å². The number of fused-ring (bicyclic) bond motifs is 1. The maximum absolute atomic E-state index is 12.2. The zero-order valence-corrected chi connectivity index (χ0v) is 14.3. The van der Waals surface area contributed by atoms with Gasteiger partial charge in [-0.15, -0.1) is 0 Å². The Morgan fingerprint density at radius 3 is 2.67 bits per heavy atom. The van der Waals surface area contributed by atoms with Crippen LogP contribution < -0.4 is 14.8 Å². The molecule has 0 saturated heterocycles. The number of hydrogen-bond acceptors (Lipinski definition) is 5. The summed E-state index contributed by atoms with van der Waals surface area (Å²) in [5, 5.41) is 2.66. The minimum atomic E-state index is -0.565. The molecule has 0 spiro atoms. The molecule has 136 valence electrons. The SMILES string of the molecule is O=C(COC(=O)c1cccc(-n2cccc2)c1)Nc1ccc2c(c1)OCO2. The third kappa shape index (κ3) is 3.77. The van der Waals surface area contributed by atoms with E-state index in [1.807, 2.05) is 35.2 Å². The Labute approximate surface area is 155 Å². The standard InChI is InChI=1S/C20H16N2O5/c23-19(21-15-6-7-17-18(11-15)27-13-26-17)12-25-20(24)14-4-3-5-16(10-14)22-8-1-2-9-22/h1-11H,12-13H2,(H,21,23). The summed E-state index contributed by atoms with van der Waals surface area (Å²) in [5.74, 6) is 0.183. The van der Waals surface area contributed by atoms with Crippen LogP contribution in [0.25, 0.3) is 5.69 Å². The summed E-state index contributed by atoms with van der Waals surface area (Å²) < 4.78 is 17.5. The van der Waals surface area contributed by atoms with Gasteiger partial charge >= 0.3 is 5.97 Å². The van der Waals surface area contributed by atoms with Crippen molar-refractivity contribution in [1.82, 2.24) is 4.57 Å². The lowest BCUT2D eigenvalue weighted by Gasteiger charge is -2.08. The fourth-order valence-corrected chi connectivity index (χ4v) is 2.69.